The summed E-state index contributed by atoms with van der Waals surface area (Å²) < 4.78 is 31.7. The molecule has 1 aromatic rings. The quantitative estimate of drug-likeness (QED) is 0.757. The number of hydrogen-bond donors (Lipinski definition) is 1. The summed E-state index contributed by atoms with van der Waals surface area (Å²) in [6.45, 7) is 0.861. The Hall–Kier alpha value is -1.16. The second-order valence-corrected chi connectivity index (χ2v) is 3.63. The molecular formula is C12H17F2NO. The second kappa shape index (κ2) is 6.43. The minimum atomic E-state index is -0.527. The van der Waals surface area contributed by atoms with Crippen LogP contribution in [0.3, 0.4) is 0 Å². The normalized spacial score (nSPS) is 10.5. The Labute approximate surface area is 94.6 Å². The van der Waals surface area contributed by atoms with Crippen LogP contribution >= 0.6 is 0 Å². The van der Waals surface area contributed by atoms with Gasteiger partial charge in [-0.05, 0) is 32.9 Å². The van der Waals surface area contributed by atoms with Crippen LogP contribution in [0.4, 0.5) is 8.78 Å². The van der Waals surface area contributed by atoms with Gasteiger partial charge in [-0.3, -0.25) is 0 Å². The Kier molecular flexibility index (Phi) is 5.19. The van der Waals surface area contributed by atoms with Crippen LogP contribution in [0.25, 0.3) is 0 Å². The third-order valence-corrected chi connectivity index (χ3v) is 2.45. The lowest BCUT2D eigenvalue weighted by Gasteiger charge is -2.07. The van der Waals surface area contributed by atoms with Gasteiger partial charge in [-0.15, -0.1) is 0 Å². The Bertz CT molecular complexity index is 319. The highest BCUT2D eigenvalue weighted by molar-refractivity contribution is 5.30. The molecule has 0 heterocycles. The summed E-state index contributed by atoms with van der Waals surface area (Å²) in [6.07, 6.45) is 2.09. The molecule has 0 aliphatic rings. The maximum atomic E-state index is 13.5. The van der Waals surface area contributed by atoms with E-state index in [9.17, 15) is 8.78 Å². The monoisotopic (exact) mass is 229 g/mol. The molecular weight excluding hydrogens is 212 g/mol. The minimum Gasteiger partial charge on any atom is -0.497 e. The lowest BCUT2D eigenvalue weighted by molar-refractivity contribution is 0.405. The molecule has 0 radical (unpaired) electrons. The summed E-state index contributed by atoms with van der Waals surface area (Å²) in [5.41, 5.74) is 0.150. The van der Waals surface area contributed by atoms with Crippen molar-refractivity contribution in [3.63, 3.8) is 0 Å². The van der Waals surface area contributed by atoms with Crippen molar-refractivity contribution in [2.75, 3.05) is 20.7 Å². The van der Waals surface area contributed by atoms with E-state index < -0.39 is 11.6 Å². The molecule has 1 rings (SSSR count). The molecule has 0 atom stereocenters. The largest absolute Gasteiger partial charge is 0.497 e. The van der Waals surface area contributed by atoms with Crippen molar-refractivity contribution in [3.05, 3.63) is 29.3 Å². The van der Waals surface area contributed by atoms with E-state index in [2.05, 4.69) is 5.32 Å². The molecule has 0 aliphatic carbocycles. The number of unbranched alkanes of at least 4 members (excludes halogenated alkanes) is 1. The number of ether oxygens (including phenoxy) is 1. The Balaban J connectivity index is 2.65. The highest BCUT2D eigenvalue weighted by Crippen LogP contribution is 2.21. The van der Waals surface area contributed by atoms with Crippen LogP contribution < -0.4 is 10.1 Å². The minimum absolute atomic E-state index is 0.150. The molecule has 0 saturated heterocycles. The van der Waals surface area contributed by atoms with Crippen LogP contribution in [-0.2, 0) is 6.42 Å². The van der Waals surface area contributed by atoms with Crippen LogP contribution in [0.5, 0.6) is 5.75 Å². The second-order valence-electron chi connectivity index (χ2n) is 3.63. The van der Waals surface area contributed by atoms with E-state index >= 15 is 0 Å². The van der Waals surface area contributed by atoms with E-state index in [1.54, 1.807) is 0 Å². The third-order valence-electron chi connectivity index (χ3n) is 2.45. The summed E-state index contributed by atoms with van der Waals surface area (Å²) in [7, 11) is 3.25. The number of methoxy groups -OCH3 is 1. The molecule has 1 aromatic carbocycles. The van der Waals surface area contributed by atoms with E-state index in [0.29, 0.717) is 6.42 Å². The number of benzene rings is 1. The number of hydrogen-bond acceptors (Lipinski definition) is 2. The van der Waals surface area contributed by atoms with E-state index in [0.717, 1.165) is 19.4 Å². The zero-order valence-electron chi connectivity index (χ0n) is 9.65. The third kappa shape index (κ3) is 3.45. The fourth-order valence-corrected chi connectivity index (χ4v) is 1.54. The van der Waals surface area contributed by atoms with Crippen LogP contribution in [0.15, 0.2) is 12.1 Å². The molecule has 4 heteroatoms. The zero-order valence-corrected chi connectivity index (χ0v) is 9.65. The van der Waals surface area contributed by atoms with Gasteiger partial charge in [0.1, 0.15) is 17.4 Å². The average molecular weight is 229 g/mol. The molecule has 90 valence electrons. The summed E-state index contributed by atoms with van der Waals surface area (Å²) >= 11 is 0. The highest BCUT2D eigenvalue weighted by Gasteiger charge is 2.10. The Morgan fingerprint density at radius 1 is 1.19 bits per heavy atom. The van der Waals surface area contributed by atoms with Crippen molar-refractivity contribution in [1.29, 1.82) is 0 Å². The van der Waals surface area contributed by atoms with Crippen molar-refractivity contribution in [3.8, 4) is 5.75 Å². The van der Waals surface area contributed by atoms with Gasteiger partial charge in [0.15, 0.2) is 0 Å². The van der Waals surface area contributed by atoms with Crippen LogP contribution in [0, 0.1) is 11.6 Å². The number of rotatable bonds is 6. The molecule has 0 unspecified atom stereocenters. The van der Waals surface area contributed by atoms with Gasteiger partial charge in [-0.1, -0.05) is 0 Å². The molecule has 2 nitrogen and oxygen atoms in total. The highest BCUT2D eigenvalue weighted by atomic mass is 19.1. The van der Waals surface area contributed by atoms with Crippen LogP contribution in [-0.4, -0.2) is 20.7 Å². The number of halogens is 2. The van der Waals surface area contributed by atoms with Gasteiger partial charge in [0, 0.05) is 17.7 Å². The van der Waals surface area contributed by atoms with Crippen molar-refractivity contribution < 1.29 is 13.5 Å². The fourth-order valence-electron chi connectivity index (χ4n) is 1.54. The van der Waals surface area contributed by atoms with Gasteiger partial charge < -0.3 is 10.1 Å². The van der Waals surface area contributed by atoms with Crippen molar-refractivity contribution in [2.24, 2.45) is 0 Å². The summed E-state index contributed by atoms with van der Waals surface area (Å²) in [5.74, 6) is -0.836. The SMILES string of the molecule is CNCCCCc1c(F)cc(OC)cc1F. The van der Waals surface area contributed by atoms with Crippen molar-refractivity contribution in [1.82, 2.24) is 5.32 Å². The van der Waals surface area contributed by atoms with Crippen molar-refractivity contribution >= 4 is 0 Å². The van der Waals surface area contributed by atoms with E-state index in [1.165, 1.54) is 19.2 Å². The van der Waals surface area contributed by atoms with Gasteiger partial charge in [-0.2, -0.15) is 0 Å². The van der Waals surface area contributed by atoms with Gasteiger partial charge in [0.25, 0.3) is 0 Å². The average Bonchev–Trinajstić information content (AvgIpc) is 2.26. The van der Waals surface area contributed by atoms with Crippen LogP contribution in [0.2, 0.25) is 0 Å². The smallest absolute Gasteiger partial charge is 0.133 e. The molecule has 0 bridgehead atoms. The van der Waals surface area contributed by atoms with Crippen molar-refractivity contribution in [2.45, 2.75) is 19.3 Å². The van der Waals surface area contributed by atoms with E-state index in [-0.39, 0.29) is 11.3 Å². The maximum absolute atomic E-state index is 13.5. The lowest BCUT2D eigenvalue weighted by atomic mass is 10.1. The Morgan fingerprint density at radius 3 is 2.31 bits per heavy atom. The molecule has 0 amide bonds. The molecule has 1 N–H and O–H groups in total. The topological polar surface area (TPSA) is 21.3 Å². The van der Waals surface area contributed by atoms with Crippen LogP contribution in [0.1, 0.15) is 18.4 Å². The van der Waals surface area contributed by atoms with E-state index in [4.69, 9.17) is 4.74 Å². The first-order chi connectivity index (χ1) is 7.69. The molecule has 0 aliphatic heterocycles. The van der Waals surface area contributed by atoms with E-state index in [1.807, 2.05) is 7.05 Å². The van der Waals surface area contributed by atoms with Gasteiger partial charge in [0.05, 0.1) is 7.11 Å². The lowest BCUT2D eigenvalue weighted by Crippen LogP contribution is -2.08. The molecule has 0 spiro atoms. The first kappa shape index (κ1) is 12.9. The number of nitrogens with one attached hydrogen (secondary N) is 1. The Morgan fingerprint density at radius 2 is 1.81 bits per heavy atom. The first-order valence-corrected chi connectivity index (χ1v) is 5.35. The predicted molar refractivity (Wildman–Crippen MR) is 59.8 cm³/mol. The fraction of sp³-hybridized carbons (Fsp3) is 0.500. The zero-order chi connectivity index (χ0) is 12.0. The first-order valence-electron chi connectivity index (χ1n) is 5.35. The molecule has 16 heavy (non-hydrogen) atoms. The summed E-state index contributed by atoms with van der Waals surface area (Å²) in [4.78, 5) is 0. The molecule has 0 fully saturated rings. The van der Waals surface area contributed by atoms with Gasteiger partial charge >= 0.3 is 0 Å². The molecule has 0 saturated carbocycles. The predicted octanol–water partition coefficient (Wildman–Crippen LogP) is 2.52. The van der Waals surface area contributed by atoms with Gasteiger partial charge in [0.2, 0.25) is 0 Å². The maximum Gasteiger partial charge on any atom is 0.133 e. The summed E-state index contributed by atoms with van der Waals surface area (Å²) in [5, 5.41) is 2.99. The molecule has 0 aromatic heterocycles. The van der Waals surface area contributed by atoms with Gasteiger partial charge in [-0.25, -0.2) is 8.78 Å². The standard InChI is InChI=1S/C12H17F2NO/c1-15-6-4-3-5-10-11(13)7-9(16-2)8-12(10)14/h7-8,15H,3-6H2,1-2H3. The summed E-state index contributed by atoms with van der Waals surface area (Å²) in [6, 6.07) is 2.44.